The lowest BCUT2D eigenvalue weighted by Crippen LogP contribution is -1.84. The van der Waals surface area contributed by atoms with E-state index in [1.165, 1.54) is 6.07 Å². The molecule has 0 aromatic heterocycles. The minimum Gasteiger partial charge on any atom is -0.508 e. The molecule has 0 saturated carbocycles. The maximum Gasteiger partial charge on any atom is 0.122 e. The van der Waals surface area contributed by atoms with Crippen molar-refractivity contribution in [2.45, 2.75) is 6.92 Å². The van der Waals surface area contributed by atoms with Crippen molar-refractivity contribution >= 4 is 0 Å². The van der Waals surface area contributed by atoms with Crippen molar-refractivity contribution in [1.29, 1.82) is 0 Å². The second-order valence-electron chi connectivity index (χ2n) is 3.68. The van der Waals surface area contributed by atoms with Crippen LogP contribution < -0.4 is 0 Å². The average Bonchev–Trinajstić information content (AvgIpc) is 2.25. The highest BCUT2D eigenvalue weighted by atomic mass is 16.3. The lowest BCUT2D eigenvalue weighted by Gasteiger charge is -2.08. The van der Waals surface area contributed by atoms with Crippen molar-refractivity contribution in [3.8, 4) is 28.4 Å². The van der Waals surface area contributed by atoms with Crippen LogP contribution in [0.15, 0.2) is 36.4 Å². The number of hydrogen-bond acceptors (Lipinski definition) is 3. The molecule has 82 valence electrons. The highest BCUT2D eigenvalue weighted by molar-refractivity contribution is 5.71. The van der Waals surface area contributed by atoms with E-state index < -0.39 is 0 Å². The second kappa shape index (κ2) is 3.77. The van der Waals surface area contributed by atoms with Crippen LogP contribution in [-0.4, -0.2) is 15.3 Å². The van der Waals surface area contributed by atoms with E-state index in [1.54, 1.807) is 37.3 Å². The quantitative estimate of drug-likeness (QED) is 0.686. The van der Waals surface area contributed by atoms with E-state index in [-0.39, 0.29) is 17.2 Å². The first-order valence-electron chi connectivity index (χ1n) is 4.90. The Balaban J connectivity index is 2.59. The van der Waals surface area contributed by atoms with Gasteiger partial charge in [-0.1, -0.05) is 12.1 Å². The first kappa shape index (κ1) is 10.4. The lowest BCUT2D eigenvalue weighted by atomic mass is 9.99. The van der Waals surface area contributed by atoms with Crippen molar-refractivity contribution < 1.29 is 15.3 Å². The van der Waals surface area contributed by atoms with Crippen LogP contribution in [0.5, 0.6) is 17.2 Å². The van der Waals surface area contributed by atoms with E-state index in [2.05, 4.69) is 0 Å². The van der Waals surface area contributed by atoms with E-state index in [1.807, 2.05) is 0 Å². The van der Waals surface area contributed by atoms with Gasteiger partial charge in [0.2, 0.25) is 0 Å². The van der Waals surface area contributed by atoms with E-state index in [4.69, 9.17) is 0 Å². The van der Waals surface area contributed by atoms with Gasteiger partial charge in [-0.05, 0) is 41.8 Å². The van der Waals surface area contributed by atoms with Gasteiger partial charge >= 0.3 is 0 Å². The Bertz CT molecular complexity index is 515. The van der Waals surface area contributed by atoms with Crippen molar-refractivity contribution in [2.24, 2.45) is 0 Å². The molecule has 2 aromatic rings. The Morgan fingerprint density at radius 3 is 2.06 bits per heavy atom. The Labute approximate surface area is 93.2 Å². The van der Waals surface area contributed by atoms with Crippen molar-refractivity contribution in [1.82, 2.24) is 0 Å². The summed E-state index contributed by atoms with van der Waals surface area (Å²) < 4.78 is 0. The minimum atomic E-state index is 0.0196. The first-order chi connectivity index (χ1) is 7.58. The van der Waals surface area contributed by atoms with E-state index in [0.29, 0.717) is 5.56 Å². The fourth-order valence-corrected chi connectivity index (χ4v) is 1.62. The van der Waals surface area contributed by atoms with Crippen LogP contribution in [0, 0.1) is 6.92 Å². The highest BCUT2D eigenvalue weighted by Crippen LogP contribution is 2.33. The van der Waals surface area contributed by atoms with Crippen LogP contribution in [0.25, 0.3) is 11.1 Å². The molecule has 0 aliphatic rings. The predicted octanol–water partition coefficient (Wildman–Crippen LogP) is 2.78. The van der Waals surface area contributed by atoms with Gasteiger partial charge in [0.15, 0.2) is 0 Å². The van der Waals surface area contributed by atoms with Crippen LogP contribution in [0.4, 0.5) is 0 Å². The number of aromatic hydroxyl groups is 3. The van der Waals surface area contributed by atoms with Crippen LogP contribution in [0.2, 0.25) is 0 Å². The molecule has 3 heteroatoms. The van der Waals surface area contributed by atoms with Gasteiger partial charge in [-0.25, -0.2) is 0 Å². The molecule has 16 heavy (non-hydrogen) atoms. The summed E-state index contributed by atoms with van der Waals surface area (Å²) in [4.78, 5) is 0. The maximum atomic E-state index is 9.59. The number of hydrogen-bond donors (Lipinski definition) is 3. The molecule has 0 unspecified atom stereocenters. The van der Waals surface area contributed by atoms with Crippen molar-refractivity contribution in [2.75, 3.05) is 0 Å². The molecule has 0 spiro atoms. The Hall–Kier alpha value is -2.16. The molecular weight excluding hydrogens is 204 g/mol. The molecule has 0 saturated heterocycles. The van der Waals surface area contributed by atoms with Gasteiger partial charge in [-0.2, -0.15) is 0 Å². The molecule has 0 aliphatic carbocycles. The molecule has 0 atom stereocenters. The summed E-state index contributed by atoms with van der Waals surface area (Å²) in [6.07, 6.45) is 0. The number of benzene rings is 2. The number of rotatable bonds is 1. The Morgan fingerprint density at radius 1 is 0.812 bits per heavy atom. The van der Waals surface area contributed by atoms with Crippen LogP contribution in [0.1, 0.15) is 5.56 Å². The van der Waals surface area contributed by atoms with Gasteiger partial charge in [-0.15, -0.1) is 0 Å². The molecule has 3 N–H and O–H groups in total. The topological polar surface area (TPSA) is 60.7 Å². The minimum absolute atomic E-state index is 0.0196. The predicted molar refractivity (Wildman–Crippen MR) is 61.6 cm³/mol. The summed E-state index contributed by atoms with van der Waals surface area (Å²) in [6, 6.07) is 9.49. The molecule has 2 aromatic carbocycles. The Morgan fingerprint density at radius 2 is 1.44 bits per heavy atom. The van der Waals surface area contributed by atoms with Crippen LogP contribution >= 0.6 is 0 Å². The third-order valence-corrected chi connectivity index (χ3v) is 2.54. The molecule has 0 aliphatic heterocycles. The van der Waals surface area contributed by atoms with Crippen LogP contribution in [-0.2, 0) is 0 Å². The van der Waals surface area contributed by atoms with E-state index >= 15 is 0 Å². The van der Waals surface area contributed by atoms with Crippen LogP contribution in [0.3, 0.4) is 0 Å². The molecule has 0 fully saturated rings. The molecular formula is C13H12O3. The van der Waals surface area contributed by atoms with E-state index in [9.17, 15) is 15.3 Å². The first-order valence-corrected chi connectivity index (χ1v) is 4.90. The number of phenols is 3. The highest BCUT2D eigenvalue weighted by Gasteiger charge is 2.08. The standard InChI is InChI=1S/C13H12O3/c1-8-12(6-11(15)7-13(8)16)9-2-4-10(14)5-3-9/h2-7,14-16H,1H3. The maximum absolute atomic E-state index is 9.59. The van der Waals surface area contributed by atoms with E-state index in [0.717, 1.165) is 11.1 Å². The fraction of sp³-hybridized carbons (Fsp3) is 0.0769. The van der Waals surface area contributed by atoms with Crippen molar-refractivity contribution in [3.05, 3.63) is 42.0 Å². The summed E-state index contributed by atoms with van der Waals surface area (Å²) >= 11 is 0. The van der Waals surface area contributed by atoms with Gasteiger partial charge in [0.1, 0.15) is 17.2 Å². The zero-order valence-electron chi connectivity index (χ0n) is 8.81. The average molecular weight is 216 g/mol. The molecule has 0 bridgehead atoms. The fourth-order valence-electron chi connectivity index (χ4n) is 1.62. The zero-order valence-corrected chi connectivity index (χ0v) is 8.81. The van der Waals surface area contributed by atoms with Gasteiger partial charge in [0, 0.05) is 6.07 Å². The number of phenolic OH excluding ortho intramolecular Hbond substituents is 3. The van der Waals surface area contributed by atoms with Gasteiger partial charge < -0.3 is 15.3 Å². The molecule has 0 radical (unpaired) electrons. The molecule has 0 amide bonds. The Kier molecular flexibility index (Phi) is 2.44. The SMILES string of the molecule is Cc1c(O)cc(O)cc1-c1ccc(O)cc1. The second-order valence-corrected chi connectivity index (χ2v) is 3.68. The summed E-state index contributed by atoms with van der Waals surface area (Å²) in [5.74, 6) is 0.264. The lowest BCUT2D eigenvalue weighted by molar-refractivity contribution is 0.448. The zero-order chi connectivity index (χ0) is 11.7. The smallest absolute Gasteiger partial charge is 0.122 e. The summed E-state index contributed by atoms with van der Waals surface area (Å²) in [5.41, 5.74) is 2.28. The van der Waals surface area contributed by atoms with Crippen molar-refractivity contribution in [3.63, 3.8) is 0 Å². The third kappa shape index (κ3) is 1.80. The normalized spacial score (nSPS) is 10.3. The third-order valence-electron chi connectivity index (χ3n) is 2.54. The summed E-state index contributed by atoms with van der Waals surface area (Å²) in [7, 11) is 0. The van der Waals surface area contributed by atoms with Gasteiger partial charge in [0.25, 0.3) is 0 Å². The summed E-state index contributed by atoms with van der Waals surface area (Å²) in [6.45, 7) is 1.77. The molecule has 3 nitrogen and oxygen atoms in total. The molecule has 2 rings (SSSR count). The van der Waals surface area contributed by atoms with Gasteiger partial charge in [-0.3, -0.25) is 0 Å². The molecule has 0 heterocycles. The van der Waals surface area contributed by atoms with Gasteiger partial charge in [0.05, 0.1) is 0 Å². The summed E-state index contributed by atoms with van der Waals surface area (Å²) in [5, 5.41) is 28.2. The monoisotopic (exact) mass is 216 g/mol. The largest absolute Gasteiger partial charge is 0.508 e.